The van der Waals surface area contributed by atoms with Crippen LogP contribution in [0.15, 0.2) is 53.4 Å². The molecule has 0 aliphatic carbocycles. The molecule has 30 heavy (non-hydrogen) atoms. The van der Waals surface area contributed by atoms with E-state index in [9.17, 15) is 13.2 Å². The van der Waals surface area contributed by atoms with Gasteiger partial charge in [0.05, 0.1) is 10.6 Å². The molecule has 8 heteroatoms. The van der Waals surface area contributed by atoms with Gasteiger partial charge in [-0.1, -0.05) is 48.7 Å². The average molecular weight is 453 g/mol. The third-order valence-electron chi connectivity index (χ3n) is 4.97. The van der Waals surface area contributed by atoms with Crippen molar-refractivity contribution in [3.8, 4) is 0 Å². The number of carbonyl (C=O) groups is 1. The minimum Gasteiger partial charge on any atom is -0.481 e. The molecule has 0 saturated heterocycles. The summed E-state index contributed by atoms with van der Waals surface area (Å²) in [6.07, 6.45) is 3.56. The van der Waals surface area contributed by atoms with Crippen LogP contribution in [0.4, 0.5) is 5.69 Å². The third kappa shape index (κ3) is 6.72. The van der Waals surface area contributed by atoms with Crippen LogP contribution >= 0.6 is 11.6 Å². The van der Waals surface area contributed by atoms with Gasteiger partial charge < -0.3 is 10.4 Å². The smallest absolute Gasteiger partial charge is 0.303 e. The van der Waals surface area contributed by atoms with Gasteiger partial charge in [-0.25, -0.2) is 8.42 Å². The number of hydrogen-bond donors (Lipinski definition) is 2. The van der Waals surface area contributed by atoms with Crippen LogP contribution in [0.5, 0.6) is 0 Å². The third-order valence-corrected chi connectivity index (χ3v) is 7.04. The molecular formula is C22H29ClN2O4S. The summed E-state index contributed by atoms with van der Waals surface area (Å²) in [5, 5.41) is 12.4. The first kappa shape index (κ1) is 24.2. The summed E-state index contributed by atoms with van der Waals surface area (Å²) in [6, 6.07) is 13.7. The van der Waals surface area contributed by atoms with Crippen molar-refractivity contribution < 1.29 is 18.3 Å². The van der Waals surface area contributed by atoms with Gasteiger partial charge in [0, 0.05) is 24.5 Å². The number of benzene rings is 2. The number of sulfonamides is 1. The first-order valence-electron chi connectivity index (χ1n) is 10.0. The fourth-order valence-electron chi connectivity index (χ4n) is 3.20. The Balaban J connectivity index is 2.08. The van der Waals surface area contributed by atoms with Crippen molar-refractivity contribution in [2.45, 2.75) is 50.0 Å². The zero-order chi connectivity index (χ0) is 22.1. The minimum atomic E-state index is -3.79. The van der Waals surface area contributed by atoms with E-state index < -0.39 is 16.0 Å². The lowest BCUT2D eigenvalue weighted by Gasteiger charge is -2.24. The van der Waals surface area contributed by atoms with Crippen LogP contribution < -0.4 is 9.62 Å². The first-order chi connectivity index (χ1) is 14.2. The summed E-state index contributed by atoms with van der Waals surface area (Å²) in [5.74, 6) is -0.765. The van der Waals surface area contributed by atoms with Crippen LogP contribution in [-0.4, -0.2) is 33.1 Å². The Morgan fingerprint density at radius 1 is 1.10 bits per heavy atom. The Kier molecular flexibility index (Phi) is 9.14. The van der Waals surface area contributed by atoms with Gasteiger partial charge in [-0.05, 0) is 56.1 Å². The lowest BCUT2D eigenvalue weighted by atomic mass is 10.1. The molecule has 164 valence electrons. The molecule has 0 spiro atoms. The van der Waals surface area contributed by atoms with Gasteiger partial charge in [0.15, 0.2) is 0 Å². The lowest BCUT2D eigenvalue weighted by Crippen LogP contribution is -2.29. The molecule has 0 fully saturated rings. The second-order valence-corrected chi connectivity index (χ2v) is 9.60. The van der Waals surface area contributed by atoms with E-state index in [1.807, 2.05) is 13.0 Å². The van der Waals surface area contributed by atoms with Crippen molar-refractivity contribution in [2.24, 2.45) is 0 Å². The summed E-state index contributed by atoms with van der Waals surface area (Å²) in [4.78, 5) is 10.7. The second-order valence-electron chi connectivity index (χ2n) is 7.22. The van der Waals surface area contributed by atoms with E-state index in [1.54, 1.807) is 36.4 Å². The zero-order valence-corrected chi connectivity index (χ0v) is 18.9. The molecule has 0 saturated carbocycles. The van der Waals surface area contributed by atoms with E-state index >= 15 is 0 Å². The SMILES string of the molecule is CC(NCCCCCCC(=O)O)c1ccc(Cl)cc1S(=O)(=O)N(C)c1ccccc1. The van der Waals surface area contributed by atoms with Crippen LogP contribution in [0.2, 0.25) is 5.02 Å². The number of aliphatic carboxylic acids is 1. The van der Waals surface area contributed by atoms with E-state index in [0.717, 1.165) is 19.3 Å². The standard InChI is InChI=1S/C22H29ClN2O4S/c1-17(24-15-9-4-3-8-12-22(26)27)20-14-13-18(23)16-21(20)30(28,29)25(2)19-10-6-5-7-11-19/h5-7,10-11,13-14,16-17,24H,3-4,8-9,12,15H2,1-2H3,(H,26,27). The van der Waals surface area contributed by atoms with E-state index in [0.29, 0.717) is 29.2 Å². The number of hydrogen-bond acceptors (Lipinski definition) is 4. The number of nitrogens with zero attached hydrogens (tertiary/aromatic N) is 1. The molecule has 2 N–H and O–H groups in total. The van der Waals surface area contributed by atoms with Crippen molar-refractivity contribution in [3.05, 3.63) is 59.1 Å². The number of anilines is 1. The number of carboxylic acids is 1. The predicted octanol–water partition coefficient (Wildman–Crippen LogP) is 4.85. The van der Waals surface area contributed by atoms with E-state index in [-0.39, 0.29) is 17.4 Å². The van der Waals surface area contributed by atoms with Crippen molar-refractivity contribution in [1.82, 2.24) is 5.32 Å². The average Bonchev–Trinajstić information content (AvgIpc) is 2.72. The van der Waals surface area contributed by atoms with Crippen molar-refractivity contribution >= 4 is 33.3 Å². The van der Waals surface area contributed by atoms with Crippen LogP contribution in [0.3, 0.4) is 0 Å². The minimum absolute atomic E-state index is 0.183. The second kappa shape index (κ2) is 11.3. The van der Waals surface area contributed by atoms with Gasteiger partial charge in [0.1, 0.15) is 0 Å². The molecule has 6 nitrogen and oxygen atoms in total. The number of para-hydroxylation sites is 1. The summed E-state index contributed by atoms with van der Waals surface area (Å²) >= 11 is 6.13. The van der Waals surface area contributed by atoms with E-state index in [1.165, 1.54) is 17.4 Å². The van der Waals surface area contributed by atoms with Gasteiger partial charge in [0.2, 0.25) is 0 Å². The predicted molar refractivity (Wildman–Crippen MR) is 121 cm³/mol. The maximum atomic E-state index is 13.3. The Morgan fingerprint density at radius 2 is 1.77 bits per heavy atom. The monoisotopic (exact) mass is 452 g/mol. The number of carboxylic acid groups (broad SMARTS) is 1. The number of rotatable bonds is 12. The molecular weight excluding hydrogens is 424 g/mol. The van der Waals surface area contributed by atoms with E-state index in [4.69, 9.17) is 16.7 Å². The Morgan fingerprint density at radius 3 is 2.43 bits per heavy atom. The Bertz CT molecular complexity index is 935. The van der Waals surface area contributed by atoms with Gasteiger partial charge in [0.25, 0.3) is 10.0 Å². The highest BCUT2D eigenvalue weighted by molar-refractivity contribution is 7.92. The fraction of sp³-hybridized carbons (Fsp3) is 0.409. The molecule has 0 aromatic heterocycles. The molecule has 2 rings (SSSR count). The van der Waals surface area contributed by atoms with Crippen molar-refractivity contribution in [2.75, 3.05) is 17.9 Å². The number of halogens is 1. The lowest BCUT2D eigenvalue weighted by molar-refractivity contribution is -0.137. The molecule has 0 radical (unpaired) electrons. The molecule has 0 heterocycles. The maximum Gasteiger partial charge on any atom is 0.303 e. The van der Waals surface area contributed by atoms with Gasteiger partial charge >= 0.3 is 5.97 Å². The number of nitrogens with one attached hydrogen (secondary N) is 1. The highest BCUT2D eigenvalue weighted by Crippen LogP contribution is 2.30. The van der Waals surface area contributed by atoms with Gasteiger partial charge in [-0.15, -0.1) is 0 Å². The molecule has 2 aromatic carbocycles. The van der Waals surface area contributed by atoms with Crippen LogP contribution in [0, 0.1) is 0 Å². The van der Waals surface area contributed by atoms with Crippen molar-refractivity contribution in [3.63, 3.8) is 0 Å². The largest absolute Gasteiger partial charge is 0.481 e. The van der Waals surface area contributed by atoms with Gasteiger partial charge in [-0.3, -0.25) is 9.10 Å². The highest BCUT2D eigenvalue weighted by atomic mass is 35.5. The summed E-state index contributed by atoms with van der Waals surface area (Å²) in [5.41, 5.74) is 1.23. The molecule has 1 unspecified atom stereocenters. The molecule has 0 aliphatic rings. The molecule has 0 bridgehead atoms. The van der Waals surface area contributed by atoms with Crippen LogP contribution in [0.25, 0.3) is 0 Å². The summed E-state index contributed by atoms with van der Waals surface area (Å²) < 4.78 is 27.9. The summed E-state index contributed by atoms with van der Waals surface area (Å²) in [7, 11) is -2.26. The van der Waals surface area contributed by atoms with Gasteiger partial charge in [-0.2, -0.15) is 0 Å². The van der Waals surface area contributed by atoms with E-state index in [2.05, 4.69) is 5.32 Å². The number of unbranched alkanes of at least 4 members (excludes halogenated alkanes) is 3. The Hall–Kier alpha value is -2.09. The van der Waals surface area contributed by atoms with Crippen LogP contribution in [0.1, 0.15) is 50.6 Å². The normalized spacial score (nSPS) is 12.5. The zero-order valence-electron chi connectivity index (χ0n) is 17.3. The molecule has 0 amide bonds. The van der Waals surface area contributed by atoms with Crippen LogP contribution in [-0.2, 0) is 14.8 Å². The van der Waals surface area contributed by atoms with Crippen molar-refractivity contribution in [1.29, 1.82) is 0 Å². The maximum absolute atomic E-state index is 13.3. The fourth-order valence-corrected chi connectivity index (χ4v) is 4.95. The molecule has 1 atom stereocenters. The highest BCUT2D eigenvalue weighted by Gasteiger charge is 2.26. The first-order valence-corrected chi connectivity index (χ1v) is 11.8. The summed E-state index contributed by atoms with van der Waals surface area (Å²) in [6.45, 7) is 2.64. The molecule has 2 aromatic rings. The topological polar surface area (TPSA) is 86.7 Å². The molecule has 0 aliphatic heterocycles. The Labute approximate surface area is 183 Å². The quantitative estimate of drug-likeness (QED) is 0.449.